The molecule has 1 atom stereocenters. The molecule has 2 rings (SSSR count). The van der Waals surface area contributed by atoms with E-state index in [4.69, 9.17) is 4.74 Å². The van der Waals surface area contributed by atoms with Gasteiger partial charge in [0.25, 0.3) is 0 Å². The second kappa shape index (κ2) is 8.13. The summed E-state index contributed by atoms with van der Waals surface area (Å²) in [6, 6.07) is 5.12. The molecule has 0 bridgehead atoms. The van der Waals surface area contributed by atoms with Gasteiger partial charge < -0.3 is 10.1 Å². The molecular weight excluding hydrogens is 268 g/mol. The number of methoxy groups -OCH3 is 1. The number of ether oxygens (including phenoxy) is 1. The Labute approximate surface area is 127 Å². The number of hydrogen-bond donors (Lipinski definition) is 1. The molecule has 114 valence electrons. The minimum Gasteiger partial charge on any atom is -0.384 e. The van der Waals surface area contributed by atoms with Gasteiger partial charge in [0.15, 0.2) is 0 Å². The van der Waals surface area contributed by atoms with Gasteiger partial charge in [0.1, 0.15) is 0 Å². The van der Waals surface area contributed by atoms with Gasteiger partial charge in [-0.15, -0.1) is 11.3 Å². The van der Waals surface area contributed by atoms with E-state index in [-0.39, 0.29) is 0 Å². The van der Waals surface area contributed by atoms with Gasteiger partial charge in [0.05, 0.1) is 6.61 Å². The molecule has 1 aliphatic heterocycles. The normalized spacial score (nSPS) is 20.7. The second-order valence-corrected chi connectivity index (χ2v) is 7.36. The number of rotatable bonds is 7. The summed E-state index contributed by atoms with van der Waals surface area (Å²) in [6.45, 7) is 9.81. The average molecular weight is 296 g/mol. The van der Waals surface area contributed by atoms with E-state index in [1.807, 2.05) is 18.4 Å². The predicted octanol–water partition coefficient (Wildman–Crippen LogP) is 3.10. The zero-order valence-corrected chi connectivity index (χ0v) is 13.8. The van der Waals surface area contributed by atoms with Crippen molar-refractivity contribution >= 4 is 11.3 Å². The summed E-state index contributed by atoms with van der Waals surface area (Å²) < 4.78 is 5.31. The Bertz CT molecular complexity index is 390. The predicted molar refractivity (Wildman–Crippen MR) is 86.2 cm³/mol. The van der Waals surface area contributed by atoms with Gasteiger partial charge in [0.2, 0.25) is 0 Å². The second-order valence-electron chi connectivity index (χ2n) is 6.10. The summed E-state index contributed by atoms with van der Waals surface area (Å²) in [6.07, 6.45) is 2.62. The summed E-state index contributed by atoms with van der Waals surface area (Å²) in [4.78, 5) is 5.52. The van der Waals surface area contributed by atoms with Crippen LogP contribution < -0.4 is 5.32 Å². The van der Waals surface area contributed by atoms with Crippen molar-refractivity contribution in [2.24, 2.45) is 5.92 Å². The van der Waals surface area contributed by atoms with E-state index in [9.17, 15) is 0 Å². The first-order valence-corrected chi connectivity index (χ1v) is 8.51. The maximum atomic E-state index is 5.31. The first-order chi connectivity index (χ1) is 9.67. The van der Waals surface area contributed by atoms with Gasteiger partial charge in [-0.2, -0.15) is 0 Å². The Balaban J connectivity index is 1.80. The number of piperidine rings is 1. The van der Waals surface area contributed by atoms with Gasteiger partial charge in [-0.05, 0) is 37.4 Å². The summed E-state index contributed by atoms with van der Waals surface area (Å²) in [5.41, 5.74) is 0. The molecule has 1 fully saturated rings. The van der Waals surface area contributed by atoms with Crippen molar-refractivity contribution in [3.63, 3.8) is 0 Å². The Morgan fingerprint density at radius 2 is 2.20 bits per heavy atom. The molecule has 0 radical (unpaired) electrons. The molecule has 20 heavy (non-hydrogen) atoms. The van der Waals surface area contributed by atoms with E-state index < -0.39 is 0 Å². The average Bonchev–Trinajstić information content (AvgIpc) is 2.85. The van der Waals surface area contributed by atoms with E-state index >= 15 is 0 Å². The third kappa shape index (κ3) is 5.17. The molecule has 2 heterocycles. The van der Waals surface area contributed by atoms with Crippen LogP contribution >= 0.6 is 11.3 Å². The number of nitrogens with zero attached hydrogens (tertiary/aromatic N) is 1. The zero-order valence-electron chi connectivity index (χ0n) is 13.0. The van der Waals surface area contributed by atoms with Crippen molar-refractivity contribution in [3.8, 4) is 0 Å². The van der Waals surface area contributed by atoms with E-state index in [2.05, 4.69) is 36.2 Å². The van der Waals surface area contributed by atoms with Crippen LogP contribution in [-0.4, -0.2) is 37.7 Å². The topological polar surface area (TPSA) is 24.5 Å². The molecule has 1 aliphatic rings. The molecule has 0 aromatic carbocycles. The van der Waals surface area contributed by atoms with Crippen LogP contribution in [-0.2, 0) is 17.8 Å². The van der Waals surface area contributed by atoms with Gasteiger partial charge >= 0.3 is 0 Å². The molecule has 0 aliphatic carbocycles. The van der Waals surface area contributed by atoms with Crippen molar-refractivity contribution in [1.29, 1.82) is 0 Å². The fourth-order valence-electron chi connectivity index (χ4n) is 2.79. The maximum absolute atomic E-state index is 5.31. The van der Waals surface area contributed by atoms with Crippen LogP contribution in [0.4, 0.5) is 0 Å². The molecule has 3 nitrogen and oxygen atoms in total. The summed E-state index contributed by atoms with van der Waals surface area (Å²) in [7, 11) is 1.81. The van der Waals surface area contributed by atoms with Crippen LogP contribution in [0.2, 0.25) is 0 Å². The van der Waals surface area contributed by atoms with Crippen molar-refractivity contribution in [2.45, 2.75) is 45.8 Å². The number of hydrogen-bond acceptors (Lipinski definition) is 4. The largest absolute Gasteiger partial charge is 0.384 e. The van der Waals surface area contributed by atoms with Crippen LogP contribution in [0.3, 0.4) is 0 Å². The standard InChI is InChI=1S/C16H28N2OS/c1-13(2)17-9-15-6-7-16(20-15)11-18-8-4-5-14(10-18)12-19-3/h6-7,13-14,17H,4-5,8-12H2,1-3H3. The highest BCUT2D eigenvalue weighted by atomic mass is 32.1. The van der Waals surface area contributed by atoms with Crippen molar-refractivity contribution in [1.82, 2.24) is 10.2 Å². The van der Waals surface area contributed by atoms with E-state index in [1.165, 1.54) is 35.7 Å². The van der Waals surface area contributed by atoms with Gasteiger partial charge in [-0.1, -0.05) is 13.8 Å². The zero-order chi connectivity index (χ0) is 14.4. The van der Waals surface area contributed by atoms with Crippen LogP contribution in [0.1, 0.15) is 36.4 Å². The minimum absolute atomic E-state index is 0.553. The molecular formula is C16H28N2OS. The minimum atomic E-state index is 0.553. The number of nitrogens with one attached hydrogen (secondary N) is 1. The Morgan fingerprint density at radius 1 is 1.40 bits per heavy atom. The first-order valence-electron chi connectivity index (χ1n) is 7.69. The van der Waals surface area contributed by atoms with Gasteiger partial charge in [-0.25, -0.2) is 0 Å². The molecule has 0 saturated carbocycles. The SMILES string of the molecule is COCC1CCCN(Cc2ccc(CNC(C)C)s2)C1. The monoisotopic (exact) mass is 296 g/mol. The molecule has 0 spiro atoms. The fraction of sp³-hybridized carbons (Fsp3) is 0.750. The first kappa shape index (κ1) is 16.0. The number of thiophene rings is 1. The van der Waals surface area contributed by atoms with Crippen LogP contribution in [0, 0.1) is 5.92 Å². The maximum Gasteiger partial charge on any atom is 0.0502 e. The quantitative estimate of drug-likeness (QED) is 0.837. The van der Waals surface area contributed by atoms with Crippen molar-refractivity contribution in [3.05, 3.63) is 21.9 Å². The van der Waals surface area contributed by atoms with E-state index in [0.29, 0.717) is 6.04 Å². The van der Waals surface area contributed by atoms with Gasteiger partial charge in [0, 0.05) is 42.5 Å². The van der Waals surface area contributed by atoms with Crippen molar-refractivity contribution < 1.29 is 4.74 Å². The Hall–Kier alpha value is -0.420. The molecule has 1 N–H and O–H groups in total. The molecule has 0 amide bonds. The summed E-state index contributed by atoms with van der Waals surface area (Å²) >= 11 is 1.95. The fourth-order valence-corrected chi connectivity index (χ4v) is 3.81. The van der Waals surface area contributed by atoms with Crippen LogP contribution in [0.5, 0.6) is 0 Å². The van der Waals surface area contributed by atoms with Crippen molar-refractivity contribution in [2.75, 3.05) is 26.8 Å². The van der Waals surface area contributed by atoms with Crippen LogP contribution in [0.15, 0.2) is 12.1 Å². The third-order valence-corrected chi connectivity index (χ3v) is 4.86. The number of likely N-dealkylation sites (tertiary alicyclic amines) is 1. The van der Waals surface area contributed by atoms with E-state index in [1.54, 1.807) is 0 Å². The lowest BCUT2D eigenvalue weighted by Gasteiger charge is -2.31. The van der Waals surface area contributed by atoms with Gasteiger partial charge in [-0.3, -0.25) is 4.90 Å². The lowest BCUT2D eigenvalue weighted by molar-refractivity contribution is 0.0878. The van der Waals surface area contributed by atoms with Crippen LogP contribution in [0.25, 0.3) is 0 Å². The Kier molecular flexibility index (Phi) is 6.49. The Morgan fingerprint density at radius 3 is 2.95 bits per heavy atom. The third-order valence-electron chi connectivity index (χ3n) is 3.79. The lowest BCUT2D eigenvalue weighted by atomic mass is 9.99. The summed E-state index contributed by atoms with van der Waals surface area (Å²) in [5.74, 6) is 0.718. The molecule has 1 saturated heterocycles. The lowest BCUT2D eigenvalue weighted by Crippen LogP contribution is -2.36. The molecule has 1 aromatic heterocycles. The molecule has 1 unspecified atom stereocenters. The highest BCUT2D eigenvalue weighted by Crippen LogP contribution is 2.22. The smallest absolute Gasteiger partial charge is 0.0502 e. The van der Waals surface area contributed by atoms with E-state index in [0.717, 1.165) is 25.6 Å². The highest BCUT2D eigenvalue weighted by molar-refractivity contribution is 7.11. The summed E-state index contributed by atoms with van der Waals surface area (Å²) in [5, 5.41) is 3.48. The molecule has 1 aromatic rings. The highest BCUT2D eigenvalue weighted by Gasteiger charge is 2.20. The molecule has 4 heteroatoms.